The molecule has 7 heteroatoms. The van der Waals surface area contributed by atoms with E-state index in [0.29, 0.717) is 22.8 Å². The first-order chi connectivity index (χ1) is 13.3. The summed E-state index contributed by atoms with van der Waals surface area (Å²) in [6.07, 6.45) is 5.58. The number of fused-ring (bicyclic) bond motifs is 1. The zero-order chi connectivity index (χ0) is 18.2. The molecule has 1 saturated heterocycles. The Kier molecular flexibility index (Phi) is 4.09. The number of piperidine rings is 1. The SMILES string of the molecule is O=C1OC(c2ccc3c(c2)OCO3)=N/C1=C/c1ccc(N2CCCCC2)s1. The number of aliphatic imine (C=N–C) groups is 1. The fourth-order valence-corrected chi connectivity index (χ4v) is 4.40. The van der Waals surface area contributed by atoms with Crippen LogP contribution in [0.2, 0.25) is 0 Å². The Morgan fingerprint density at radius 2 is 1.89 bits per heavy atom. The van der Waals surface area contributed by atoms with Crippen molar-refractivity contribution < 1.29 is 19.0 Å². The van der Waals surface area contributed by atoms with E-state index in [9.17, 15) is 4.79 Å². The number of hydrogen-bond donors (Lipinski definition) is 0. The number of rotatable bonds is 3. The van der Waals surface area contributed by atoms with E-state index in [4.69, 9.17) is 14.2 Å². The Morgan fingerprint density at radius 3 is 2.78 bits per heavy atom. The molecule has 6 nitrogen and oxygen atoms in total. The van der Waals surface area contributed by atoms with Crippen molar-refractivity contribution >= 4 is 34.3 Å². The highest BCUT2D eigenvalue weighted by atomic mass is 32.1. The average molecular weight is 382 g/mol. The molecular weight excluding hydrogens is 364 g/mol. The largest absolute Gasteiger partial charge is 0.454 e. The van der Waals surface area contributed by atoms with Gasteiger partial charge in [0.25, 0.3) is 0 Å². The maximum absolute atomic E-state index is 12.2. The van der Waals surface area contributed by atoms with E-state index in [-0.39, 0.29) is 12.7 Å². The molecule has 0 amide bonds. The summed E-state index contributed by atoms with van der Waals surface area (Å²) in [5.74, 6) is 1.17. The average Bonchev–Trinajstić information content (AvgIpc) is 3.43. The highest BCUT2D eigenvalue weighted by Crippen LogP contribution is 2.34. The second kappa shape index (κ2) is 6.74. The van der Waals surface area contributed by atoms with Gasteiger partial charge in [0.2, 0.25) is 12.7 Å². The zero-order valence-electron chi connectivity index (χ0n) is 14.6. The number of anilines is 1. The van der Waals surface area contributed by atoms with Crippen LogP contribution in [0.1, 0.15) is 29.7 Å². The lowest BCUT2D eigenvalue weighted by Crippen LogP contribution is -2.28. The van der Waals surface area contributed by atoms with Crippen molar-refractivity contribution in [3.8, 4) is 11.5 Å². The molecule has 1 fully saturated rings. The molecule has 0 bridgehead atoms. The monoisotopic (exact) mass is 382 g/mol. The Labute approximate surface area is 160 Å². The van der Waals surface area contributed by atoms with E-state index >= 15 is 0 Å². The number of carbonyl (C=O) groups excluding carboxylic acids is 1. The molecule has 27 heavy (non-hydrogen) atoms. The molecule has 1 aromatic heterocycles. The van der Waals surface area contributed by atoms with Gasteiger partial charge in [-0.3, -0.25) is 0 Å². The van der Waals surface area contributed by atoms with Gasteiger partial charge < -0.3 is 19.1 Å². The molecule has 3 aliphatic heterocycles. The summed E-state index contributed by atoms with van der Waals surface area (Å²) >= 11 is 1.68. The Hall–Kier alpha value is -2.80. The van der Waals surface area contributed by atoms with Crippen LogP contribution in [-0.2, 0) is 9.53 Å². The van der Waals surface area contributed by atoms with Crippen LogP contribution < -0.4 is 14.4 Å². The summed E-state index contributed by atoms with van der Waals surface area (Å²) < 4.78 is 16.0. The van der Waals surface area contributed by atoms with E-state index in [0.717, 1.165) is 18.0 Å². The van der Waals surface area contributed by atoms with E-state index < -0.39 is 5.97 Å². The van der Waals surface area contributed by atoms with E-state index in [1.165, 1.54) is 24.3 Å². The molecule has 0 aliphatic carbocycles. The van der Waals surface area contributed by atoms with Gasteiger partial charge in [-0.25, -0.2) is 9.79 Å². The number of nitrogens with zero attached hydrogens (tertiary/aromatic N) is 2. The van der Waals surface area contributed by atoms with Crippen LogP contribution in [0.3, 0.4) is 0 Å². The lowest BCUT2D eigenvalue weighted by Gasteiger charge is -2.27. The van der Waals surface area contributed by atoms with Crippen molar-refractivity contribution in [1.29, 1.82) is 0 Å². The third kappa shape index (κ3) is 3.19. The molecule has 2 aromatic rings. The Balaban J connectivity index is 1.38. The standard InChI is InChI=1S/C20H18N2O4S/c23-20-15(11-14-5-7-18(27-14)22-8-2-1-3-9-22)21-19(26-20)13-4-6-16-17(10-13)25-12-24-16/h4-7,10-11H,1-3,8-9,12H2/b15-11+. The molecule has 0 unspecified atom stereocenters. The minimum absolute atomic E-state index is 0.202. The fraction of sp³-hybridized carbons (Fsp3) is 0.300. The number of thiophene rings is 1. The molecular formula is C20H18N2O4S. The van der Waals surface area contributed by atoms with Crippen molar-refractivity contribution in [1.82, 2.24) is 0 Å². The van der Waals surface area contributed by atoms with Crippen LogP contribution in [0.5, 0.6) is 11.5 Å². The minimum Gasteiger partial charge on any atom is -0.454 e. The topological polar surface area (TPSA) is 60.4 Å². The quantitative estimate of drug-likeness (QED) is 0.597. The molecule has 3 aliphatic rings. The number of carbonyl (C=O) groups is 1. The molecule has 138 valence electrons. The Morgan fingerprint density at radius 1 is 1.04 bits per heavy atom. The predicted molar refractivity (Wildman–Crippen MR) is 104 cm³/mol. The van der Waals surface area contributed by atoms with Crippen LogP contribution in [-0.4, -0.2) is 31.7 Å². The Bertz CT molecular complexity index is 957. The van der Waals surface area contributed by atoms with Crippen LogP contribution in [0, 0.1) is 0 Å². The lowest BCUT2D eigenvalue weighted by molar-refractivity contribution is -0.129. The molecule has 0 saturated carbocycles. The van der Waals surface area contributed by atoms with Gasteiger partial charge in [-0.2, -0.15) is 0 Å². The predicted octanol–water partition coefficient (Wildman–Crippen LogP) is 3.81. The first kappa shape index (κ1) is 16.4. The molecule has 0 atom stereocenters. The molecule has 1 aromatic carbocycles. The first-order valence-corrected chi connectivity index (χ1v) is 9.85. The van der Waals surface area contributed by atoms with E-state index in [1.807, 2.05) is 12.1 Å². The van der Waals surface area contributed by atoms with Crippen LogP contribution in [0.15, 0.2) is 41.0 Å². The molecule has 5 rings (SSSR count). The summed E-state index contributed by atoms with van der Waals surface area (Å²) in [4.78, 5) is 20.0. The van der Waals surface area contributed by atoms with Gasteiger partial charge in [0, 0.05) is 23.5 Å². The van der Waals surface area contributed by atoms with Gasteiger partial charge in [-0.15, -0.1) is 11.3 Å². The summed E-state index contributed by atoms with van der Waals surface area (Å²) in [6.45, 7) is 2.41. The number of benzene rings is 1. The number of cyclic esters (lactones) is 1. The fourth-order valence-electron chi connectivity index (χ4n) is 3.40. The number of hydrogen-bond acceptors (Lipinski definition) is 7. The summed E-state index contributed by atoms with van der Waals surface area (Å²) in [5, 5.41) is 1.24. The summed E-state index contributed by atoms with van der Waals surface area (Å²) in [6, 6.07) is 9.52. The maximum atomic E-state index is 12.2. The van der Waals surface area contributed by atoms with Gasteiger partial charge in [-0.1, -0.05) is 0 Å². The van der Waals surface area contributed by atoms with Crippen molar-refractivity contribution in [2.75, 3.05) is 24.8 Å². The maximum Gasteiger partial charge on any atom is 0.363 e. The zero-order valence-corrected chi connectivity index (χ0v) is 15.5. The normalized spacial score (nSPS) is 20.1. The number of ether oxygens (including phenoxy) is 3. The van der Waals surface area contributed by atoms with Crippen LogP contribution in [0.25, 0.3) is 6.08 Å². The van der Waals surface area contributed by atoms with Gasteiger partial charge in [-0.05, 0) is 55.7 Å². The smallest absolute Gasteiger partial charge is 0.363 e. The van der Waals surface area contributed by atoms with E-state index in [1.54, 1.807) is 29.5 Å². The van der Waals surface area contributed by atoms with Gasteiger partial charge in [0.05, 0.1) is 5.00 Å². The summed E-state index contributed by atoms with van der Waals surface area (Å²) in [5.41, 5.74) is 1.01. The van der Waals surface area contributed by atoms with Crippen LogP contribution >= 0.6 is 11.3 Å². The molecule has 4 heterocycles. The van der Waals surface area contributed by atoms with Gasteiger partial charge >= 0.3 is 5.97 Å². The molecule has 0 N–H and O–H groups in total. The lowest BCUT2D eigenvalue weighted by atomic mass is 10.1. The van der Waals surface area contributed by atoms with E-state index in [2.05, 4.69) is 16.0 Å². The van der Waals surface area contributed by atoms with Crippen molar-refractivity contribution in [2.24, 2.45) is 4.99 Å². The van der Waals surface area contributed by atoms with Crippen molar-refractivity contribution in [2.45, 2.75) is 19.3 Å². The second-order valence-corrected chi connectivity index (χ2v) is 7.72. The molecule has 0 radical (unpaired) electrons. The number of esters is 1. The minimum atomic E-state index is -0.435. The van der Waals surface area contributed by atoms with Crippen molar-refractivity contribution in [3.63, 3.8) is 0 Å². The van der Waals surface area contributed by atoms with Crippen LogP contribution in [0.4, 0.5) is 5.00 Å². The first-order valence-electron chi connectivity index (χ1n) is 9.04. The highest BCUT2D eigenvalue weighted by molar-refractivity contribution is 7.16. The van der Waals surface area contributed by atoms with Crippen molar-refractivity contribution in [3.05, 3.63) is 46.5 Å². The van der Waals surface area contributed by atoms with Gasteiger partial charge in [0.1, 0.15) is 0 Å². The van der Waals surface area contributed by atoms with Gasteiger partial charge in [0.15, 0.2) is 17.2 Å². The third-order valence-electron chi connectivity index (χ3n) is 4.80. The third-order valence-corrected chi connectivity index (χ3v) is 5.89. The highest BCUT2D eigenvalue weighted by Gasteiger charge is 2.26. The second-order valence-electron chi connectivity index (χ2n) is 6.63. The molecule has 0 spiro atoms. The summed E-state index contributed by atoms with van der Waals surface area (Å²) in [7, 11) is 0.